The van der Waals surface area contributed by atoms with Gasteiger partial charge in [0.05, 0.1) is 6.20 Å². The van der Waals surface area contributed by atoms with Gasteiger partial charge in [-0.1, -0.05) is 13.8 Å². The number of nitrogens with zero attached hydrogens (tertiary/aromatic N) is 3. The Morgan fingerprint density at radius 3 is 2.63 bits per heavy atom. The van der Waals surface area contributed by atoms with E-state index in [0.717, 1.165) is 51.9 Å². The average molecular weight is 378 g/mol. The van der Waals surface area contributed by atoms with Gasteiger partial charge in [0, 0.05) is 56.8 Å². The molecular formula is C21H39N5O. The SMILES string of the molecule is CNCCN(C)Cc1cn[nH]c1C1CCC(CC(=O)N(C)CC(C)C)CC1. The van der Waals surface area contributed by atoms with Crippen LogP contribution < -0.4 is 5.32 Å². The maximum atomic E-state index is 12.4. The molecule has 1 heterocycles. The molecular weight excluding hydrogens is 338 g/mol. The van der Waals surface area contributed by atoms with Crippen LogP contribution in [0.25, 0.3) is 0 Å². The van der Waals surface area contributed by atoms with Crippen LogP contribution >= 0.6 is 0 Å². The van der Waals surface area contributed by atoms with Gasteiger partial charge < -0.3 is 15.1 Å². The summed E-state index contributed by atoms with van der Waals surface area (Å²) in [5.74, 6) is 1.92. The normalized spacial score (nSPS) is 20.4. The number of rotatable bonds is 10. The van der Waals surface area contributed by atoms with Gasteiger partial charge in [-0.3, -0.25) is 9.89 Å². The number of nitrogens with one attached hydrogen (secondary N) is 2. The monoisotopic (exact) mass is 377 g/mol. The summed E-state index contributed by atoms with van der Waals surface area (Å²) < 4.78 is 0. The van der Waals surface area contributed by atoms with Gasteiger partial charge in [-0.15, -0.1) is 0 Å². The van der Waals surface area contributed by atoms with Crippen LogP contribution in [-0.2, 0) is 11.3 Å². The Hall–Kier alpha value is -1.40. The van der Waals surface area contributed by atoms with Gasteiger partial charge in [-0.05, 0) is 51.6 Å². The highest BCUT2D eigenvalue weighted by atomic mass is 16.2. The van der Waals surface area contributed by atoms with E-state index < -0.39 is 0 Å². The van der Waals surface area contributed by atoms with Gasteiger partial charge in [0.25, 0.3) is 0 Å². The molecule has 154 valence electrons. The highest BCUT2D eigenvalue weighted by Crippen LogP contribution is 2.37. The molecule has 0 aromatic carbocycles. The zero-order chi connectivity index (χ0) is 19.8. The van der Waals surface area contributed by atoms with Crippen molar-refractivity contribution in [3.05, 3.63) is 17.5 Å². The molecule has 1 aromatic rings. The number of carbonyl (C=O) groups is 1. The zero-order valence-electron chi connectivity index (χ0n) is 17.9. The Bertz CT molecular complexity index is 563. The lowest BCUT2D eigenvalue weighted by atomic mass is 9.78. The summed E-state index contributed by atoms with van der Waals surface area (Å²) in [6.07, 6.45) is 7.28. The van der Waals surface area contributed by atoms with Gasteiger partial charge in [-0.2, -0.15) is 5.10 Å². The summed E-state index contributed by atoms with van der Waals surface area (Å²) in [5, 5.41) is 10.8. The van der Waals surface area contributed by atoms with Crippen LogP contribution in [0.1, 0.15) is 63.1 Å². The summed E-state index contributed by atoms with van der Waals surface area (Å²) in [4.78, 5) is 16.7. The Morgan fingerprint density at radius 2 is 2.00 bits per heavy atom. The number of amides is 1. The minimum Gasteiger partial charge on any atom is -0.345 e. The van der Waals surface area contributed by atoms with Gasteiger partial charge in [0.2, 0.25) is 5.91 Å². The number of H-pyrrole nitrogens is 1. The standard InChI is InChI=1S/C21H39N5O/c1-16(2)14-26(5)20(27)12-17-6-8-18(9-7-17)21-19(13-23-24-21)15-25(4)11-10-22-3/h13,16-18,22H,6-12,14-15H2,1-5H3,(H,23,24). The molecule has 1 aromatic heterocycles. The third-order valence-electron chi connectivity index (χ3n) is 5.72. The molecule has 1 aliphatic rings. The molecule has 0 spiro atoms. The quantitative estimate of drug-likeness (QED) is 0.658. The lowest BCUT2D eigenvalue weighted by Crippen LogP contribution is -2.32. The van der Waals surface area contributed by atoms with Crippen LogP contribution in [0.3, 0.4) is 0 Å². The summed E-state index contributed by atoms with van der Waals surface area (Å²) >= 11 is 0. The van der Waals surface area contributed by atoms with Crippen LogP contribution in [0.5, 0.6) is 0 Å². The Balaban J connectivity index is 1.82. The molecule has 1 amide bonds. The number of carbonyl (C=O) groups excluding carboxylic acids is 1. The number of likely N-dealkylation sites (N-methyl/N-ethyl adjacent to an activating group) is 2. The molecule has 1 saturated carbocycles. The Labute approximate surface area is 165 Å². The smallest absolute Gasteiger partial charge is 0.222 e. The van der Waals surface area contributed by atoms with Crippen molar-refractivity contribution >= 4 is 5.91 Å². The molecule has 0 bridgehead atoms. The van der Waals surface area contributed by atoms with Crippen LogP contribution in [-0.4, -0.2) is 66.7 Å². The van der Waals surface area contributed by atoms with Crippen molar-refractivity contribution in [3.63, 3.8) is 0 Å². The van der Waals surface area contributed by atoms with Crippen molar-refractivity contribution in [2.75, 3.05) is 40.8 Å². The van der Waals surface area contributed by atoms with Crippen molar-refractivity contribution in [1.82, 2.24) is 25.3 Å². The van der Waals surface area contributed by atoms with E-state index in [1.807, 2.05) is 25.2 Å². The fourth-order valence-corrected chi connectivity index (χ4v) is 4.18. The zero-order valence-corrected chi connectivity index (χ0v) is 17.9. The topological polar surface area (TPSA) is 64.3 Å². The van der Waals surface area contributed by atoms with Gasteiger partial charge in [0.15, 0.2) is 0 Å². The van der Waals surface area contributed by atoms with Crippen molar-refractivity contribution in [2.45, 2.75) is 58.4 Å². The molecule has 1 aliphatic carbocycles. The Morgan fingerprint density at radius 1 is 1.30 bits per heavy atom. The maximum Gasteiger partial charge on any atom is 0.222 e. The maximum absolute atomic E-state index is 12.4. The third kappa shape index (κ3) is 6.92. The molecule has 27 heavy (non-hydrogen) atoms. The summed E-state index contributed by atoms with van der Waals surface area (Å²) in [7, 11) is 6.08. The third-order valence-corrected chi connectivity index (χ3v) is 5.72. The molecule has 0 unspecified atom stereocenters. The number of aromatic amines is 1. The van der Waals surface area contributed by atoms with Crippen LogP contribution in [0.4, 0.5) is 0 Å². The molecule has 0 atom stereocenters. The molecule has 2 rings (SSSR count). The van der Waals surface area contributed by atoms with E-state index in [9.17, 15) is 4.79 Å². The first-order valence-corrected chi connectivity index (χ1v) is 10.5. The fourth-order valence-electron chi connectivity index (χ4n) is 4.18. The second-order valence-corrected chi connectivity index (χ2v) is 8.74. The van der Waals surface area contributed by atoms with E-state index in [1.54, 1.807) is 0 Å². The number of hydrogen-bond donors (Lipinski definition) is 2. The van der Waals surface area contributed by atoms with Gasteiger partial charge in [-0.25, -0.2) is 0 Å². The van der Waals surface area contributed by atoms with E-state index in [-0.39, 0.29) is 0 Å². The fraction of sp³-hybridized carbons (Fsp3) is 0.810. The van der Waals surface area contributed by atoms with E-state index in [2.05, 4.69) is 41.3 Å². The molecule has 1 fully saturated rings. The van der Waals surface area contributed by atoms with E-state index in [0.29, 0.717) is 30.1 Å². The molecule has 0 saturated heterocycles. The van der Waals surface area contributed by atoms with Crippen molar-refractivity contribution in [2.24, 2.45) is 11.8 Å². The van der Waals surface area contributed by atoms with Crippen LogP contribution in [0, 0.1) is 11.8 Å². The Kier molecular flexibility index (Phi) is 8.77. The van der Waals surface area contributed by atoms with Gasteiger partial charge in [0.1, 0.15) is 0 Å². The highest BCUT2D eigenvalue weighted by molar-refractivity contribution is 5.76. The second kappa shape index (κ2) is 10.8. The predicted octanol–water partition coefficient (Wildman–Crippen LogP) is 2.84. The highest BCUT2D eigenvalue weighted by Gasteiger charge is 2.27. The lowest BCUT2D eigenvalue weighted by molar-refractivity contribution is -0.131. The first-order chi connectivity index (χ1) is 12.9. The van der Waals surface area contributed by atoms with Gasteiger partial charge >= 0.3 is 0 Å². The van der Waals surface area contributed by atoms with E-state index in [4.69, 9.17) is 0 Å². The molecule has 2 N–H and O–H groups in total. The summed E-state index contributed by atoms with van der Waals surface area (Å²) in [6.45, 7) is 8.13. The first-order valence-electron chi connectivity index (χ1n) is 10.5. The van der Waals surface area contributed by atoms with Crippen LogP contribution in [0.2, 0.25) is 0 Å². The lowest BCUT2D eigenvalue weighted by Gasteiger charge is -2.30. The predicted molar refractivity (Wildman–Crippen MR) is 111 cm³/mol. The molecule has 6 nitrogen and oxygen atoms in total. The minimum absolute atomic E-state index is 0.306. The van der Waals surface area contributed by atoms with Crippen molar-refractivity contribution in [1.29, 1.82) is 0 Å². The summed E-state index contributed by atoms with van der Waals surface area (Å²) in [6, 6.07) is 0. The van der Waals surface area contributed by atoms with E-state index >= 15 is 0 Å². The molecule has 0 radical (unpaired) electrons. The minimum atomic E-state index is 0.306. The summed E-state index contributed by atoms with van der Waals surface area (Å²) in [5.41, 5.74) is 2.64. The largest absolute Gasteiger partial charge is 0.345 e. The molecule has 6 heteroatoms. The van der Waals surface area contributed by atoms with Crippen molar-refractivity contribution < 1.29 is 4.79 Å². The molecule has 0 aliphatic heterocycles. The van der Waals surface area contributed by atoms with Crippen molar-refractivity contribution in [3.8, 4) is 0 Å². The first kappa shape index (κ1) is 21.9. The number of aromatic nitrogens is 2. The second-order valence-electron chi connectivity index (χ2n) is 8.74. The van der Waals surface area contributed by atoms with E-state index in [1.165, 1.54) is 11.3 Å². The average Bonchev–Trinajstić information content (AvgIpc) is 3.08. The van der Waals surface area contributed by atoms with Crippen LogP contribution in [0.15, 0.2) is 6.20 Å². The number of hydrogen-bond acceptors (Lipinski definition) is 4.